The van der Waals surface area contributed by atoms with E-state index < -0.39 is 30.1 Å². The van der Waals surface area contributed by atoms with Crippen LogP contribution < -0.4 is 10.6 Å². The number of nitrogens with one attached hydrogen (secondary N) is 2. The highest BCUT2D eigenvalue weighted by Gasteiger charge is 2.29. The smallest absolute Gasteiger partial charge is 0.407 e. The van der Waals surface area contributed by atoms with Crippen LogP contribution in [0.4, 0.5) is 4.79 Å². The van der Waals surface area contributed by atoms with Crippen molar-refractivity contribution in [3.05, 3.63) is 59.7 Å². The molecule has 0 aromatic heterocycles. The van der Waals surface area contributed by atoms with Crippen LogP contribution in [0.15, 0.2) is 48.5 Å². The summed E-state index contributed by atoms with van der Waals surface area (Å²) in [6.07, 6.45) is -0.870. The molecule has 0 aliphatic heterocycles. The largest absolute Gasteiger partial charge is 0.481 e. The highest BCUT2D eigenvalue weighted by Crippen LogP contribution is 2.44. The van der Waals surface area contributed by atoms with Crippen LogP contribution in [0.5, 0.6) is 0 Å². The van der Waals surface area contributed by atoms with Crippen molar-refractivity contribution >= 4 is 18.0 Å². The SMILES string of the molecule is CC(C)[C@@H](CC(=O)O)NC(=O)[C@@H](C)NC(=O)OCC1c2ccccc2-c2ccccc21. The van der Waals surface area contributed by atoms with Crippen LogP contribution in [0.1, 0.15) is 44.2 Å². The number of aliphatic carboxylic acids is 1. The van der Waals surface area contributed by atoms with Gasteiger partial charge in [-0.1, -0.05) is 62.4 Å². The molecule has 0 unspecified atom stereocenters. The minimum atomic E-state index is -0.990. The lowest BCUT2D eigenvalue weighted by Crippen LogP contribution is -2.50. The van der Waals surface area contributed by atoms with Gasteiger partial charge < -0.3 is 20.5 Å². The molecule has 0 fully saturated rings. The van der Waals surface area contributed by atoms with Gasteiger partial charge in [0.15, 0.2) is 0 Å². The maximum Gasteiger partial charge on any atom is 0.407 e. The lowest BCUT2D eigenvalue weighted by molar-refractivity contribution is -0.138. The van der Waals surface area contributed by atoms with E-state index in [1.54, 1.807) is 0 Å². The summed E-state index contributed by atoms with van der Waals surface area (Å²) < 4.78 is 5.45. The van der Waals surface area contributed by atoms with Crippen LogP contribution in [0.2, 0.25) is 0 Å². The van der Waals surface area contributed by atoms with Crippen molar-refractivity contribution in [1.29, 1.82) is 0 Å². The van der Waals surface area contributed by atoms with E-state index in [2.05, 4.69) is 22.8 Å². The third-order valence-electron chi connectivity index (χ3n) is 5.60. The zero-order valence-electron chi connectivity index (χ0n) is 17.9. The van der Waals surface area contributed by atoms with Gasteiger partial charge >= 0.3 is 12.1 Å². The van der Waals surface area contributed by atoms with Gasteiger partial charge in [0.05, 0.1) is 6.42 Å². The third kappa shape index (κ3) is 5.23. The van der Waals surface area contributed by atoms with E-state index in [1.165, 1.54) is 6.92 Å². The predicted octanol–water partition coefficient (Wildman–Crippen LogP) is 3.53. The molecule has 1 aliphatic rings. The average Bonchev–Trinajstić information content (AvgIpc) is 3.05. The maximum atomic E-state index is 12.4. The molecule has 3 rings (SSSR count). The van der Waals surface area contributed by atoms with Crippen molar-refractivity contribution in [2.45, 2.75) is 45.2 Å². The molecule has 164 valence electrons. The van der Waals surface area contributed by atoms with Gasteiger partial charge in [0.2, 0.25) is 5.91 Å². The van der Waals surface area contributed by atoms with E-state index in [0.717, 1.165) is 22.3 Å². The first-order valence-electron chi connectivity index (χ1n) is 10.4. The lowest BCUT2D eigenvalue weighted by Gasteiger charge is -2.23. The Balaban J connectivity index is 1.58. The van der Waals surface area contributed by atoms with Gasteiger partial charge in [-0.05, 0) is 35.1 Å². The van der Waals surface area contributed by atoms with Gasteiger partial charge in [-0.15, -0.1) is 0 Å². The summed E-state index contributed by atoms with van der Waals surface area (Å²) in [6, 6.07) is 14.7. The minimum Gasteiger partial charge on any atom is -0.481 e. The number of carboxylic acid groups (broad SMARTS) is 1. The summed E-state index contributed by atoms with van der Waals surface area (Å²) in [5.41, 5.74) is 4.49. The number of carbonyl (C=O) groups is 3. The number of rotatable bonds is 8. The number of hydrogen-bond acceptors (Lipinski definition) is 4. The van der Waals surface area contributed by atoms with Crippen molar-refractivity contribution in [3.8, 4) is 11.1 Å². The van der Waals surface area contributed by atoms with Gasteiger partial charge in [-0.2, -0.15) is 0 Å². The number of amides is 2. The Morgan fingerprint density at radius 1 is 0.935 bits per heavy atom. The Morgan fingerprint density at radius 2 is 1.48 bits per heavy atom. The van der Waals surface area contributed by atoms with Crippen molar-refractivity contribution < 1.29 is 24.2 Å². The molecule has 7 nitrogen and oxygen atoms in total. The monoisotopic (exact) mass is 424 g/mol. The van der Waals surface area contributed by atoms with Crippen LogP contribution >= 0.6 is 0 Å². The van der Waals surface area contributed by atoms with Crippen LogP contribution in [-0.2, 0) is 14.3 Å². The van der Waals surface area contributed by atoms with E-state index in [9.17, 15) is 14.4 Å². The van der Waals surface area contributed by atoms with Gasteiger partial charge in [-0.3, -0.25) is 9.59 Å². The predicted molar refractivity (Wildman–Crippen MR) is 117 cm³/mol. The summed E-state index contributed by atoms with van der Waals surface area (Å²) in [5.74, 6) is -1.56. The summed E-state index contributed by atoms with van der Waals surface area (Å²) >= 11 is 0. The third-order valence-corrected chi connectivity index (χ3v) is 5.60. The summed E-state index contributed by atoms with van der Waals surface area (Å²) in [6.45, 7) is 5.35. The molecule has 0 saturated heterocycles. The second-order valence-electron chi connectivity index (χ2n) is 8.15. The van der Waals surface area contributed by atoms with E-state index in [-0.39, 0.29) is 24.9 Å². The number of ether oxygens (including phenoxy) is 1. The summed E-state index contributed by atoms with van der Waals surface area (Å²) in [4.78, 5) is 35.7. The Bertz CT molecular complexity index is 926. The number of carboxylic acids is 1. The number of carbonyl (C=O) groups excluding carboxylic acids is 2. The zero-order valence-corrected chi connectivity index (χ0v) is 17.9. The van der Waals surface area contributed by atoms with Crippen LogP contribution in [0.25, 0.3) is 11.1 Å². The first-order valence-corrected chi connectivity index (χ1v) is 10.4. The molecule has 0 bridgehead atoms. The molecular formula is C24H28N2O5. The van der Waals surface area contributed by atoms with Gasteiger partial charge in [-0.25, -0.2) is 4.79 Å². The quantitative estimate of drug-likeness (QED) is 0.601. The fraction of sp³-hybridized carbons (Fsp3) is 0.375. The number of benzene rings is 2. The topological polar surface area (TPSA) is 105 Å². The van der Waals surface area contributed by atoms with Crippen molar-refractivity contribution in [2.24, 2.45) is 5.92 Å². The molecule has 0 saturated carbocycles. The highest BCUT2D eigenvalue weighted by molar-refractivity contribution is 5.86. The Hall–Kier alpha value is -3.35. The molecule has 0 heterocycles. The Kier molecular flexibility index (Phi) is 6.95. The molecule has 1 aliphatic carbocycles. The van der Waals surface area contributed by atoms with E-state index in [0.29, 0.717) is 0 Å². The van der Waals surface area contributed by atoms with Gasteiger partial charge in [0, 0.05) is 12.0 Å². The molecule has 2 amide bonds. The number of fused-ring (bicyclic) bond motifs is 3. The Morgan fingerprint density at radius 3 is 2.00 bits per heavy atom. The molecular weight excluding hydrogens is 396 g/mol. The highest BCUT2D eigenvalue weighted by atomic mass is 16.5. The zero-order chi connectivity index (χ0) is 22.5. The van der Waals surface area contributed by atoms with Crippen molar-refractivity contribution in [3.63, 3.8) is 0 Å². The normalized spacial score (nSPS) is 14.3. The molecule has 2 aromatic rings. The van der Waals surface area contributed by atoms with E-state index in [4.69, 9.17) is 9.84 Å². The Labute approximate surface area is 181 Å². The first-order chi connectivity index (χ1) is 14.8. The molecule has 7 heteroatoms. The fourth-order valence-corrected chi connectivity index (χ4v) is 3.83. The van der Waals surface area contributed by atoms with Crippen LogP contribution in [0, 0.1) is 5.92 Å². The summed E-state index contributed by atoms with van der Waals surface area (Å²) in [5, 5.41) is 14.2. The second-order valence-corrected chi connectivity index (χ2v) is 8.15. The average molecular weight is 424 g/mol. The second kappa shape index (κ2) is 9.64. The molecule has 0 spiro atoms. The number of hydrogen-bond donors (Lipinski definition) is 3. The molecule has 2 atom stereocenters. The van der Waals surface area contributed by atoms with Gasteiger partial charge in [0.25, 0.3) is 0 Å². The maximum absolute atomic E-state index is 12.4. The van der Waals surface area contributed by atoms with E-state index in [1.807, 2.05) is 50.2 Å². The molecule has 2 aromatic carbocycles. The molecule has 0 radical (unpaired) electrons. The van der Waals surface area contributed by atoms with Crippen molar-refractivity contribution in [2.75, 3.05) is 6.61 Å². The summed E-state index contributed by atoms with van der Waals surface area (Å²) in [7, 11) is 0. The van der Waals surface area contributed by atoms with Crippen molar-refractivity contribution in [1.82, 2.24) is 10.6 Å². The number of alkyl carbamates (subject to hydrolysis) is 1. The lowest BCUT2D eigenvalue weighted by atomic mass is 9.98. The van der Waals surface area contributed by atoms with E-state index >= 15 is 0 Å². The van der Waals surface area contributed by atoms with Crippen LogP contribution in [-0.4, -0.2) is 41.8 Å². The van der Waals surface area contributed by atoms with Gasteiger partial charge in [0.1, 0.15) is 12.6 Å². The minimum absolute atomic E-state index is 0.0540. The van der Waals surface area contributed by atoms with Crippen LogP contribution in [0.3, 0.4) is 0 Å². The molecule has 31 heavy (non-hydrogen) atoms. The standard InChI is InChI=1S/C24H28N2O5/c1-14(2)21(12-22(27)28)26-23(29)15(3)25-24(30)31-13-20-18-10-6-4-8-16(18)17-9-5-7-11-19(17)20/h4-11,14-15,20-21H,12-13H2,1-3H3,(H,25,30)(H,26,29)(H,27,28)/t15-,21-/m1/s1. The fourth-order valence-electron chi connectivity index (χ4n) is 3.83. The molecule has 3 N–H and O–H groups in total. The first kappa shape index (κ1) is 22.3.